The molecule has 2 aliphatic rings. The minimum atomic E-state index is -0.468. The number of hydrogen-bond acceptors (Lipinski definition) is 6. The highest BCUT2D eigenvalue weighted by Crippen LogP contribution is 2.40. The molecule has 1 atom stereocenters. The van der Waals surface area contributed by atoms with Gasteiger partial charge in [0.1, 0.15) is 17.7 Å². The Morgan fingerprint density at radius 1 is 1.26 bits per heavy atom. The van der Waals surface area contributed by atoms with Gasteiger partial charge in [-0.2, -0.15) is 5.26 Å². The summed E-state index contributed by atoms with van der Waals surface area (Å²) < 4.78 is 26.3. The van der Waals surface area contributed by atoms with Gasteiger partial charge < -0.3 is 14.8 Å². The van der Waals surface area contributed by atoms with E-state index in [4.69, 9.17) is 14.7 Å². The summed E-state index contributed by atoms with van der Waals surface area (Å²) in [6.45, 7) is 1.22. The number of halogens is 1. The number of hydrogen-bond donors (Lipinski definition) is 1. The predicted octanol–water partition coefficient (Wildman–Crippen LogP) is 4.45. The summed E-state index contributed by atoms with van der Waals surface area (Å²) in [5, 5.41) is 13.6. The number of benzene rings is 1. The van der Waals surface area contributed by atoms with E-state index < -0.39 is 5.82 Å². The number of fused-ring (bicyclic) bond motifs is 2. The van der Waals surface area contributed by atoms with Gasteiger partial charge in [-0.25, -0.2) is 9.37 Å². The molecule has 0 spiro atoms. The van der Waals surface area contributed by atoms with E-state index in [0.717, 1.165) is 44.7 Å². The number of aromatic nitrogens is 1. The molecule has 1 saturated heterocycles. The van der Waals surface area contributed by atoms with E-state index in [1.54, 1.807) is 23.6 Å². The molecule has 1 fully saturated rings. The predicted molar refractivity (Wildman–Crippen MR) is 100 cm³/mol. The Morgan fingerprint density at radius 2 is 2.11 bits per heavy atom. The fraction of sp³-hybridized carbons (Fsp3) is 0.300. The smallest absolute Gasteiger partial charge is 0.193 e. The Bertz CT molecular complexity index is 1070. The number of nitrogens with one attached hydrogen (secondary N) is 1. The first kappa shape index (κ1) is 16.6. The summed E-state index contributed by atoms with van der Waals surface area (Å²) in [6.07, 6.45) is 3.12. The maximum absolute atomic E-state index is 14.1. The zero-order valence-corrected chi connectivity index (χ0v) is 15.2. The van der Waals surface area contributed by atoms with Gasteiger partial charge in [0.2, 0.25) is 0 Å². The summed E-state index contributed by atoms with van der Waals surface area (Å²) in [6, 6.07) is 9.08. The third kappa shape index (κ3) is 2.86. The van der Waals surface area contributed by atoms with Crippen molar-refractivity contribution in [2.45, 2.75) is 25.2 Å². The van der Waals surface area contributed by atoms with E-state index >= 15 is 0 Å². The molecule has 2 aromatic heterocycles. The molecular weight excluding hydrogens is 365 g/mol. The lowest BCUT2D eigenvalue weighted by Gasteiger charge is -2.15. The lowest BCUT2D eigenvalue weighted by Crippen LogP contribution is -2.09. The van der Waals surface area contributed by atoms with Crippen LogP contribution in [0.5, 0.6) is 0 Å². The van der Waals surface area contributed by atoms with Crippen LogP contribution in [0.4, 0.5) is 10.2 Å². The monoisotopic (exact) mass is 381 g/mol. The molecule has 7 heteroatoms. The van der Waals surface area contributed by atoms with Crippen molar-refractivity contribution in [3.05, 3.63) is 57.8 Å². The van der Waals surface area contributed by atoms with Crippen LogP contribution >= 0.6 is 11.3 Å². The first-order valence-electron chi connectivity index (χ1n) is 8.83. The summed E-state index contributed by atoms with van der Waals surface area (Å²) in [7, 11) is 0. The van der Waals surface area contributed by atoms with Gasteiger partial charge in [0.15, 0.2) is 6.29 Å². The number of thiophene rings is 1. The second kappa shape index (κ2) is 6.57. The van der Waals surface area contributed by atoms with Crippen molar-refractivity contribution in [1.29, 1.82) is 5.26 Å². The molecule has 1 aromatic carbocycles. The van der Waals surface area contributed by atoms with Crippen LogP contribution in [0.2, 0.25) is 0 Å². The molecule has 0 bridgehead atoms. The number of anilines is 1. The van der Waals surface area contributed by atoms with E-state index in [-0.39, 0.29) is 17.9 Å². The molecule has 27 heavy (non-hydrogen) atoms. The van der Waals surface area contributed by atoms with Gasteiger partial charge in [0.25, 0.3) is 0 Å². The topological polar surface area (TPSA) is 67.2 Å². The average molecular weight is 381 g/mol. The van der Waals surface area contributed by atoms with Crippen molar-refractivity contribution >= 4 is 27.2 Å². The van der Waals surface area contributed by atoms with E-state index in [1.807, 2.05) is 12.1 Å². The van der Waals surface area contributed by atoms with Crippen molar-refractivity contribution in [3.8, 4) is 6.07 Å². The Labute approximate surface area is 159 Å². The van der Waals surface area contributed by atoms with Gasteiger partial charge >= 0.3 is 0 Å². The molecule has 0 radical (unpaired) electrons. The molecule has 5 rings (SSSR count). The Kier molecular flexibility index (Phi) is 4.05. The SMILES string of the molecule is N#Cc1cc2c(cc1F)[C@H](Nc1nccc3cc(C4OCCO4)sc13)CC2. The zero-order chi connectivity index (χ0) is 18.4. The molecule has 3 heterocycles. The van der Waals surface area contributed by atoms with Crippen LogP contribution in [0.15, 0.2) is 30.5 Å². The summed E-state index contributed by atoms with van der Waals surface area (Å²) in [4.78, 5) is 5.53. The van der Waals surface area contributed by atoms with Gasteiger partial charge in [0.05, 0.1) is 34.4 Å². The van der Waals surface area contributed by atoms with Crippen LogP contribution in [-0.4, -0.2) is 18.2 Å². The summed E-state index contributed by atoms with van der Waals surface area (Å²) >= 11 is 1.60. The standard InChI is InChI=1S/C20H16FN3O2S/c21-15-9-14-11(7-13(15)10-22)1-2-16(14)24-19-18-12(3-4-23-19)8-17(27-18)20-25-5-6-26-20/h3-4,7-9,16,20H,1-2,5-6H2,(H,23,24)/t16-/m1/s1. The fourth-order valence-corrected chi connectivity index (χ4v) is 4.86. The number of aryl methyl sites for hydroxylation is 1. The van der Waals surface area contributed by atoms with Crippen molar-refractivity contribution in [2.75, 3.05) is 18.5 Å². The van der Waals surface area contributed by atoms with E-state index in [1.165, 1.54) is 6.07 Å². The highest BCUT2D eigenvalue weighted by Gasteiger charge is 2.26. The van der Waals surface area contributed by atoms with Crippen LogP contribution in [0, 0.1) is 17.1 Å². The Morgan fingerprint density at radius 3 is 2.93 bits per heavy atom. The van der Waals surface area contributed by atoms with Gasteiger partial charge in [-0.3, -0.25) is 0 Å². The number of nitrogens with zero attached hydrogens (tertiary/aromatic N) is 2. The van der Waals surface area contributed by atoms with E-state index in [9.17, 15) is 4.39 Å². The van der Waals surface area contributed by atoms with Crippen molar-refractivity contribution in [1.82, 2.24) is 4.98 Å². The van der Waals surface area contributed by atoms with Crippen molar-refractivity contribution < 1.29 is 13.9 Å². The van der Waals surface area contributed by atoms with Crippen LogP contribution in [0.1, 0.15) is 40.3 Å². The van der Waals surface area contributed by atoms with Gasteiger partial charge in [0, 0.05) is 6.20 Å². The third-order valence-electron chi connectivity index (χ3n) is 5.04. The van der Waals surface area contributed by atoms with Crippen molar-refractivity contribution in [3.63, 3.8) is 0 Å². The zero-order valence-electron chi connectivity index (χ0n) is 14.4. The molecule has 1 aliphatic carbocycles. The molecule has 1 aliphatic heterocycles. The second-order valence-corrected chi connectivity index (χ2v) is 7.76. The largest absolute Gasteiger partial charge is 0.362 e. The second-order valence-electron chi connectivity index (χ2n) is 6.68. The van der Waals surface area contributed by atoms with Crippen LogP contribution in [-0.2, 0) is 15.9 Å². The Hall–Kier alpha value is -2.53. The van der Waals surface area contributed by atoms with Crippen LogP contribution in [0.3, 0.4) is 0 Å². The highest BCUT2D eigenvalue weighted by atomic mass is 32.1. The lowest BCUT2D eigenvalue weighted by atomic mass is 10.0. The molecule has 3 aromatic rings. The highest BCUT2D eigenvalue weighted by molar-refractivity contribution is 7.19. The van der Waals surface area contributed by atoms with Gasteiger partial charge in [-0.1, -0.05) is 0 Å². The molecule has 0 unspecified atom stereocenters. The third-order valence-corrected chi connectivity index (χ3v) is 6.22. The molecule has 5 nitrogen and oxygen atoms in total. The molecule has 1 N–H and O–H groups in total. The first-order valence-corrected chi connectivity index (χ1v) is 9.65. The normalized spacial score (nSPS) is 19.3. The van der Waals surface area contributed by atoms with E-state index in [2.05, 4.69) is 16.4 Å². The maximum atomic E-state index is 14.1. The van der Waals surface area contributed by atoms with Crippen LogP contribution < -0.4 is 5.32 Å². The Balaban J connectivity index is 1.48. The van der Waals surface area contributed by atoms with Gasteiger partial charge in [-0.05, 0) is 53.6 Å². The molecule has 0 saturated carbocycles. The number of ether oxygens (including phenoxy) is 2. The van der Waals surface area contributed by atoms with Crippen molar-refractivity contribution in [2.24, 2.45) is 0 Å². The number of rotatable bonds is 3. The average Bonchev–Trinajstić information content (AvgIpc) is 3.41. The minimum absolute atomic E-state index is 0.0233. The number of nitriles is 1. The minimum Gasteiger partial charge on any atom is -0.362 e. The molecule has 136 valence electrons. The fourth-order valence-electron chi connectivity index (χ4n) is 3.76. The first-order chi connectivity index (χ1) is 13.2. The van der Waals surface area contributed by atoms with Crippen LogP contribution in [0.25, 0.3) is 10.1 Å². The van der Waals surface area contributed by atoms with Gasteiger partial charge in [-0.15, -0.1) is 11.3 Å². The molecular formula is C20H16FN3O2S. The quantitative estimate of drug-likeness (QED) is 0.726. The maximum Gasteiger partial charge on any atom is 0.193 e. The molecule has 0 amide bonds. The lowest BCUT2D eigenvalue weighted by molar-refractivity contribution is -0.0412. The van der Waals surface area contributed by atoms with E-state index in [0.29, 0.717) is 13.2 Å². The summed E-state index contributed by atoms with van der Waals surface area (Å²) in [5.74, 6) is 0.314. The summed E-state index contributed by atoms with van der Waals surface area (Å²) in [5.41, 5.74) is 2.04. The number of pyridine rings is 1.